The summed E-state index contributed by atoms with van der Waals surface area (Å²) in [6.45, 7) is 0.656. The third-order valence-electron chi connectivity index (χ3n) is 4.16. The lowest BCUT2D eigenvalue weighted by atomic mass is 9.95. The van der Waals surface area contributed by atoms with Crippen molar-refractivity contribution >= 4 is 11.6 Å². The summed E-state index contributed by atoms with van der Waals surface area (Å²) in [5.41, 5.74) is 2.53. The highest BCUT2D eigenvalue weighted by Gasteiger charge is 2.16. The molecule has 2 N–H and O–H groups in total. The monoisotopic (exact) mass is 310 g/mol. The molecule has 2 heterocycles. The summed E-state index contributed by atoms with van der Waals surface area (Å²) in [4.78, 5) is 20.6. The number of hydrogen-bond donors (Lipinski definition) is 2. The van der Waals surface area contributed by atoms with Crippen LogP contribution in [0.2, 0.25) is 0 Å². The van der Waals surface area contributed by atoms with Crippen molar-refractivity contribution in [2.24, 2.45) is 0 Å². The van der Waals surface area contributed by atoms with Crippen LogP contribution in [-0.2, 0) is 6.54 Å². The number of anilines is 1. The van der Waals surface area contributed by atoms with E-state index in [0.717, 1.165) is 24.1 Å². The molecule has 5 nitrogen and oxygen atoms in total. The van der Waals surface area contributed by atoms with Crippen LogP contribution >= 0.6 is 0 Å². The van der Waals surface area contributed by atoms with Crippen LogP contribution in [0.15, 0.2) is 43.0 Å². The van der Waals surface area contributed by atoms with E-state index in [9.17, 15) is 4.79 Å². The highest BCUT2D eigenvalue weighted by molar-refractivity contribution is 5.94. The summed E-state index contributed by atoms with van der Waals surface area (Å²) < 4.78 is 0. The Kier molecular flexibility index (Phi) is 5.19. The zero-order valence-electron chi connectivity index (χ0n) is 13.2. The zero-order chi connectivity index (χ0) is 15.9. The number of aromatic nitrogens is 2. The first-order chi connectivity index (χ1) is 11.3. The summed E-state index contributed by atoms with van der Waals surface area (Å²) in [5, 5.41) is 6.40. The smallest absolute Gasteiger partial charge is 0.253 e. The van der Waals surface area contributed by atoms with Gasteiger partial charge in [-0.05, 0) is 30.5 Å². The molecule has 1 fully saturated rings. The summed E-state index contributed by atoms with van der Waals surface area (Å²) in [5.74, 6) is -0.0329. The molecule has 0 saturated heterocycles. The molecule has 1 aliphatic carbocycles. The molecule has 2 aromatic rings. The van der Waals surface area contributed by atoms with Gasteiger partial charge in [0.25, 0.3) is 5.91 Å². The highest BCUT2D eigenvalue weighted by Crippen LogP contribution is 2.18. The SMILES string of the molecule is O=C(NC1CCCCC1)c1cncc(NCc2cccnc2)c1. The Morgan fingerprint density at radius 3 is 2.78 bits per heavy atom. The number of nitrogens with zero attached hydrogens (tertiary/aromatic N) is 2. The molecule has 3 rings (SSSR count). The van der Waals surface area contributed by atoms with Crippen molar-refractivity contribution < 1.29 is 4.79 Å². The van der Waals surface area contributed by atoms with Crippen LogP contribution in [0.25, 0.3) is 0 Å². The number of carbonyl (C=O) groups excluding carboxylic acids is 1. The molecule has 2 aromatic heterocycles. The predicted octanol–water partition coefficient (Wildman–Crippen LogP) is 3.15. The molecule has 0 unspecified atom stereocenters. The number of rotatable bonds is 5. The minimum atomic E-state index is -0.0329. The molecule has 0 radical (unpaired) electrons. The normalized spacial score (nSPS) is 15.1. The maximum atomic E-state index is 12.4. The van der Waals surface area contributed by atoms with Crippen LogP contribution < -0.4 is 10.6 Å². The second-order valence-corrected chi connectivity index (χ2v) is 5.99. The van der Waals surface area contributed by atoms with E-state index in [0.29, 0.717) is 18.2 Å². The summed E-state index contributed by atoms with van der Waals surface area (Å²) in [6, 6.07) is 6.07. The first-order valence-electron chi connectivity index (χ1n) is 8.20. The molecule has 120 valence electrons. The molecule has 1 saturated carbocycles. The minimum Gasteiger partial charge on any atom is -0.380 e. The lowest BCUT2D eigenvalue weighted by molar-refractivity contribution is 0.0927. The second-order valence-electron chi connectivity index (χ2n) is 5.99. The molecule has 0 aromatic carbocycles. The Balaban J connectivity index is 1.59. The van der Waals surface area contributed by atoms with Crippen molar-refractivity contribution in [1.29, 1.82) is 0 Å². The number of hydrogen-bond acceptors (Lipinski definition) is 4. The fourth-order valence-electron chi connectivity index (χ4n) is 2.88. The van der Waals surface area contributed by atoms with Crippen LogP contribution in [0.3, 0.4) is 0 Å². The van der Waals surface area contributed by atoms with Crippen molar-refractivity contribution in [2.75, 3.05) is 5.32 Å². The van der Waals surface area contributed by atoms with Gasteiger partial charge < -0.3 is 10.6 Å². The van der Waals surface area contributed by atoms with E-state index in [2.05, 4.69) is 20.6 Å². The van der Waals surface area contributed by atoms with Gasteiger partial charge in [-0.1, -0.05) is 25.3 Å². The quantitative estimate of drug-likeness (QED) is 0.890. The lowest BCUT2D eigenvalue weighted by Gasteiger charge is -2.22. The molecule has 0 atom stereocenters. The number of carbonyl (C=O) groups is 1. The third-order valence-corrected chi connectivity index (χ3v) is 4.16. The van der Waals surface area contributed by atoms with Crippen molar-refractivity contribution in [3.05, 3.63) is 54.1 Å². The van der Waals surface area contributed by atoms with Gasteiger partial charge in [0.05, 0.1) is 11.3 Å². The number of amides is 1. The molecule has 1 amide bonds. The summed E-state index contributed by atoms with van der Waals surface area (Å²) >= 11 is 0. The Morgan fingerprint density at radius 2 is 2.00 bits per heavy atom. The second kappa shape index (κ2) is 7.72. The third kappa shape index (κ3) is 4.52. The van der Waals surface area contributed by atoms with Gasteiger partial charge >= 0.3 is 0 Å². The maximum Gasteiger partial charge on any atom is 0.253 e. The Bertz CT molecular complexity index is 638. The van der Waals surface area contributed by atoms with Crippen molar-refractivity contribution in [2.45, 2.75) is 44.7 Å². The molecule has 23 heavy (non-hydrogen) atoms. The van der Waals surface area contributed by atoms with Gasteiger partial charge in [0.2, 0.25) is 0 Å². The van der Waals surface area contributed by atoms with Gasteiger partial charge in [-0.25, -0.2) is 0 Å². The van der Waals surface area contributed by atoms with Crippen LogP contribution in [0.4, 0.5) is 5.69 Å². The van der Waals surface area contributed by atoms with Crippen molar-refractivity contribution in [3.8, 4) is 0 Å². The van der Waals surface area contributed by atoms with Crippen LogP contribution in [0.5, 0.6) is 0 Å². The predicted molar refractivity (Wildman–Crippen MR) is 90.1 cm³/mol. The van der Waals surface area contributed by atoms with Crippen molar-refractivity contribution in [3.63, 3.8) is 0 Å². The molecule has 0 spiro atoms. The molecule has 0 aliphatic heterocycles. The van der Waals surface area contributed by atoms with Gasteiger partial charge in [-0.2, -0.15) is 0 Å². The van der Waals surface area contributed by atoms with Gasteiger partial charge in [0.15, 0.2) is 0 Å². The minimum absolute atomic E-state index is 0.0329. The zero-order valence-corrected chi connectivity index (χ0v) is 13.2. The average molecular weight is 310 g/mol. The summed E-state index contributed by atoms with van der Waals surface area (Å²) in [7, 11) is 0. The van der Waals surface area contributed by atoms with Crippen LogP contribution in [-0.4, -0.2) is 21.9 Å². The topological polar surface area (TPSA) is 66.9 Å². The van der Waals surface area contributed by atoms with Crippen molar-refractivity contribution in [1.82, 2.24) is 15.3 Å². The van der Waals surface area contributed by atoms with E-state index in [1.807, 2.05) is 24.4 Å². The highest BCUT2D eigenvalue weighted by atomic mass is 16.1. The first kappa shape index (κ1) is 15.5. The van der Waals surface area contributed by atoms with E-state index < -0.39 is 0 Å². The number of pyridine rings is 2. The van der Waals surface area contributed by atoms with Gasteiger partial charge in [0, 0.05) is 37.4 Å². The molecular weight excluding hydrogens is 288 g/mol. The molecule has 5 heteroatoms. The maximum absolute atomic E-state index is 12.4. The average Bonchev–Trinajstić information content (AvgIpc) is 2.62. The standard InChI is InChI=1S/C18H22N4O/c23-18(22-16-6-2-1-3-7-16)15-9-17(13-20-12-15)21-11-14-5-4-8-19-10-14/h4-5,8-10,12-13,16,21H,1-3,6-7,11H2,(H,22,23). The summed E-state index contributed by atoms with van der Waals surface area (Å²) in [6.07, 6.45) is 12.8. The van der Waals surface area contributed by atoms with Crippen LogP contribution in [0, 0.1) is 0 Å². The Hall–Kier alpha value is -2.43. The van der Waals surface area contributed by atoms with E-state index in [1.54, 1.807) is 18.6 Å². The largest absolute Gasteiger partial charge is 0.380 e. The lowest BCUT2D eigenvalue weighted by Crippen LogP contribution is -2.36. The Labute approximate surface area is 136 Å². The van der Waals surface area contributed by atoms with Crippen LogP contribution in [0.1, 0.15) is 48.0 Å². The van der Waals surface area contributed by atoms with Gasteiger partial charge in [0.1, 0.15) is 0 Å². The number of nitrogens with one attached hydrogen (secondary N) is 2. The first-order valence-corrected chi connectivity index (χ1v) is 8.20. The van der Waals surface area contributed by atoms with E-state index in [1.165, 1.54) is 19.3 Å². The molecule has 1 aliphatic rings. The molecular formula is C18H22N4O. The van der Waals surface area contributed by atoms with E-state index in [4.69, 9.17) is 0 Å². The van der Waals surface area contributed by atoms with E-state index in [-0.39, 0.29) is 5.91 Å². The molecule has 0 bridgehead atoms. The Morgan fingerprint density at radius 1 is 1.13 bits per heavy atom. The van der Waals surface area contributed by atoms with E-state index >= 15 is 0 Å². The van der Waals surface area contributed by atoms with Gasteiger partial charge in [-0.15, -0.1) is 0 Å². The van der Waals surface area contributed by atoms with Gasteiger partial charge in [-0.3, -0.25) is 14.8 Å². The fraction of sp³-hybridized carbons (Fsp3) is 0.389. The fourth-order valence-corrected chi connectivity index (χ4v) is 2.88.